The second kappa shape index (κ2) is 12.1. The van der Waals surface area contributed by atoms with Gasteiger partial charge in [0.1, 0.15) is 5.82 Å². The fourth-order valence-corrected chi connectivity index (χ4v) is 8.60. The van der Waals surface area contributed by atoms with Gasteiger partial charge in [-0.2, -0.15) is 4.98 Å². The zero-order valence-corrected chi connectivity index (χ0v) is 27.9. The molecule has 0 atom stereocenters. The Morgan fingerprint density at radius 1 is 1.02 bits per heavy atom. The van der Waals surface area contributed by atoms with Gasteiger partial charge in [-0.25, -0.2) is 9.78 Å². The standard InChI is InChI=1S/C37H45N7O3/c1-24-7-5-8-26(25(24)2)27-9-6-10-28(32(27)44-19-12-31(38)41-35(44)46)40-34(45)33-39-29-21-43(18-11-30(29)42(33)3)20-17-36-13-15-37(22-36,16-14-36)23-47-4/h5-10,12,19H,11,13-18,20-23H2,1-4H3,(H,40,45)(H2,38,41,46). The maximum atomic E-state index is 14.0. The minimum Gasteiger partial charge on any atom is -0.384 e. The number of para-hydroxylation sites is 1. The highest BCUT2D eigenvalue weighted by Gasteiger charge is 2.53. The van der Waals surface area contributed by atoms with E-state index in [1.54, 1.807) is 12.3 Å². The number of imidazole rings is 1. The lowest BCUT2D eigenvalue weighted by molar-refractivity contribution is 0.0860. The molecule has 1 amide bonds. The number of amides is 1. The molecule has 3 heterocycles. The molecule has 0 saturated heterocycles. The topological polar surface area (TPSA) is 120 Å². The van der Waals surface area contributed by atoms with Crippen molar-refractivity contribution in [3.05, 3.63) is 87.5 Å². The fraction of sp³-hybridized carbons (Fsp3) is 0.459. The lowest BCUT2D eigenvalue weighted by Gasteiger charge is -2.32. The highest BCUT2D eigenvalue weighted by molar-refractivity contribution is 6.04. The van der Waals surface area contributed by atoms with Crippen LogP contribution >= 0.6 is 0 Å². The van der Waals surface area contributed by atoms with Crippen LogP contribution in [0.4, 0.5) is 11.5 Å². The number of fused-ring (bicyclic) bond motifs is 3. The van der Waals surface area contributed by atoms with Gasteiger partial charge in [-0.1, -0.05) is 30.3 Å². The minimum atomic E-state index is -0.523. The third kappa shape index (κ3) is 5.67. The number of nitrogen functional groups attached to an aromatic ring is 1. The fourth-order valence-electron chi connectivity index (χ4n) is 8.60. The summed E-state index contributed by atoms with van der Waals surface area (Å²) in [6.07, 6.45) is 10.2. The number of methoxy groups -OCH3 is 1. The van der Waals surface area contributed by atoms with Crippen molar-refractivity contribution >= 4 is 17.4 Å². The van der Waals surface area contributed by atoms with Crippen molar-refractivity contribution in [3.63, 3.8) is 0 Å². The van der Waals surface area contributed by atoms with Crippen molar-refractivity contribution in [1.29, 1.82) is 0 Å². The van der Waals surface area contributed by atoms with E-state index in [-0.39, 0.29) is 11.7 Å². The van der Waals surface area contributed by atoms with Crippen LogP contribution in [0.25, 0.3) is 16.8 Å². The molecule has 10 nitrogen and oxygen atoms in total. The molecule has 47 heavy (non-hydrogen) atoms. The summed E-state index contributed by atoms with van der Waals surface area (Å²) in [5, 5.41) is 3.10. The van der Waals surface area contributed by atoms with Gasteiger partial charge in [0.15, 0.2) is 5.82 Å². The van der Waals surface area contributed by atoms with Crippen LogP contribution in [-0.4, -0.2) is 56.7 Å². The largest absolute Gasteiger partial charge is 0.384 e. The molecule has 3 aliphatic rings. The van der Waals surface area contributed by atoms with Crippen LogP contribution < -0.4 is 16.7 Å². The first kappa shape index (κ1) is 31.3. The van der Waals surface area contributed by atoms with Gasteiger partial charge in [0, 0.05) is 51.1 Å². The Morgan fingerprint density at radius 3 is 2.53 bits per heavy atom. The van der Waals surface area contributed by atoms with Crippen molar-refractivity contribution in [2.75, 3.05) is 37.9 Å². The summed E-state index contributed by atoms with van der Waals surface area (Å²) in [5.74, 6) is 0.172. The van der Waals surface area contributed by atoms with Gasteiger partial charge < -0.3 is 20.4 Å². The lowest BCUT2D eigenvalue weighted by Crippen LogP contribution is -2.34. The zero-order chi connectivity index (χ0) is 32.9. The van der Waals surface area contributed by atoms with Crippen LogP contribution in [0.3, 0.4) is 0 Å². The van der Waals surface area contributed by atoms with Gasteiger partial charge in [-0.05, 0) is 98.6 Å². The van der Waals surface area contributed by atoms with E-state index in [1.165, 1.54) is 43.1 Å². The summed E-state index contributed by atoms with van der Waals surface area (Å²) >= 11 is 0. The number of rotatable bonds is 9. The Hall–Kier alpha value is -4.28. The molecule has 4 aromatic rings. The molecule has 0 spiro atoms. The molecule has 2 aromatic carbocycles. The first-order chi connectivity index (χ1) is 22.6. The van der Waals surface area contributed by atoms with Crippen LogP contribution in [0, 0.1) is 24.7 Å². The van der Waals surface area contributed by atoms with Gasteiger partial charge in [0.2, 0.25) is 0 Å². The SMILES string of the molecule is COCC12CCC(CCN3CCc4c(nc(C(=O)Nc5cccc(-c6cccc(C)c6C)c5-n5ccc(N)nc5=O)n4C)C3)(CC1)C2. The highest BCUT2D eigenvalue weighted by atomic mass is 16.5. The molecular weight excluding hydrogens is 590 g/mol. The summed E-state index contributed by atoms with van der Waals surface area (Å²) < 4.78 is 8.96. The molecular formula is C37H45N7O3. The van der Waals surface area contributed by atoms with E-state index in [9.17, 15) is 9.59 Å². The molecule has 1 aliphatic heterocycles. The average Bonchev–Trinajstić information content (AvgIpc) is 3.71. The Balaban J connectivity index is 1.14. The third-order valence-electron chi connectivity index (χ3n) is 11.3. The summed E-state index contributed by atoms with van der Waals surface area (Å²) in [6.45, 7) is 7.77. The number of aryl methyl sites for hydroxylation is 1. The molecule has 2 fully saturated rings. The molecule has 2 aromatic heterocycles. The maximum Gasteiger partial charge on any atom is 0.354 e. The van der Waals surface area contributed by atoms with E-state index in [4.69, 9.17) is 15.5 Å². The first-order valence-electron chi connectivity index (χ1n) is 16.7. The van der Waals surface area contributed by atoms with Crippen molar-refractivity contribution < 1.29 is 9.53 Å². The van der Waals surface area contributed by atoms with Crippen molar-refractivity contribution in [3.8, 4) is 16.8 Å². The number of nitrogens with two attached hydrogens (primary N) is 1. The highest BCUT2D eigenvalue weighted by Crippen LogP contribution is 2.63. The Morgan fingerprint density at radius 2 is 1.77 bits per heavy atom. The van der Waals surface area contributed by atoms with Gasteiger partial charge >= 0.3 is 5.69 Å². The lowest BCUT2D eigenvalue weighted by atomic mass is 9.80. The average molecular weight is 636 g/mol. The third-order valence-corrected chi connectivity index (χ3v) is 11.3. The Kier molecular flexibility index (Phi) is 8.04. The normalized spacial score (nSPS) is 22.0. The van der Waals surface area contributed by atoms with E-state index >= 15 is 0 Å². The number of carbonyl (C=O) groups is 1. The number of nitrogens with one attached hydrogen (secondary N) is 1. The molecule has 2 saturated carbocycles. The van der Waals surface area contributed by atoms with Gasteiger partial charge in [-0.15, -0.1) is 0 Å². The number of carbonyl (C=O) groups excluding carboxylic acids is 1. The summed E-state index contributed by atoms with van der Waals surface area (Å²) in [5.41, 5.74) is 13.3. The van der Waals surface area contributed by atoms with E-state index in [1.807, 2.05) is 49.1 Å². The summed E-state index contributed by atoms with van der Waals surface area (Å²) in [7, 11) is 3.75. The number of anilines is 2. The minimum absolute atomic E-state index is 0.138. The van der Waals surface area contributed by atoms with Crippen LogP contribution in [0.15, 0.2) is 53.5 Å². The molecule has 3 N–H and O–H groups in total. The predicted octanol–water partition coefficient (Wildman–Crippen LogP) is 5.43. The Labute approximate surface area is 276 Å². The van der Waals surface area contributed by atoms with Crippen LogP contribution in [0.1, 0.15) is 71.7 Å². The monoisotopic (exact) mass is 635 g/mol. The molecule has 2 bridgehead atoms. The van der Waals surface area contributed by atoms with E-state index in [0.717, 1.165) is 66.3 Å². The molecule has 0 radical (unpaired) electrons. The zero-order valence-electron chi connectivity index (χ0n) is 27.9. The molecule has 2 aliphatic carbocycles. The maximum absolute atomic E-state index is 14.0. The van der Waals surface area contributed by atoms with Crippen LogP contribution in [-0.2, 0) is 24.8 Å². The second-order valence-corrected chi connectivity index (χ2v) is 14.2. The van der Waals surface area contributed by atoms with Crippen molar-refractivity contribution in [2.24, 2.45) is 17.9 Å². The molecule has 246 valence electrons. The first-order valence-corrected chi connectivity index (χ1v) is 16.7. The predicted molar refractivity (Wildman–Crippen MR) is 184 cm³/mol. The van der Waals surface area contributed by atoms with Gasteiger partial charge in [0.25, 0.3) is 5.91 Å². The summed E-state index contributed by atoms with van der Waals surface area (Å²) in [6, 6.07) is 13.3. The molecule has 7 rings (SSSR count). The number of hydrogen-bond acceptors (Lipinski definition) is 7. The number of benzene rings is 2. The Bertz CT molecular complexity index is 1900. The van der Waals surface area contributed by atoms with Crippen LogP contribution in [0.5, 0.6) is 0 Å². The van der Waals surface area contributed by atoms with E-state index < -0.39 is 5.69 Å². The molecule has 0 unspecified atom stereocenters. The molecule has 10 heteroatoms. The number of aromatic nitrogens is 4. The van der Waals surface area contributed by atoms with Crippen molar-refractivity contribution in [1.82, 2.24) is 24.0 Å². The second-order valence-electron chi connectivity index (χ2n) is 14.2. The van der Waals surface area contributed by atoms with E-state index in [0.29, 0.717) is 28.0 Å². The van der Waals surface area contributed by atoms with Crippen LogP contribution in [0.2, 0.25) is 0 Å². The smallest absolute Gasteiger partial charge is 0.354 e. The van der Waals surface area contributed by atoms with Gasteiger partial charge in [0.05, 0.1) is 23.7 Å². The summed E-state index contributed by atoms with van der Waals surface area (Å²) in [4.78, 5) is 38.5. The number of hydrogen-bond donors (Lipinski definition) is 2. The quantitative estimate of drug-likeness (QED) is 0.252. The number of ether oxygens (including phenoxy) is 1. The van der Waals surface area contributed by atoms with E-state index in [2.05, 4.69) is 35.1 Å². The number of nitrogens with zero attached hydrogens (tertiary/aromatic N) is 5. The van der Waals surface area contributed by atoms with Crippen molar-refractivity contribution in [2.45, 2.75) is 65.3 Å². The van der Waals surface area contributed by atoms with Gasteiger partial charge in [-0.3, -0.25) is 14.3 Å².